The standard InChI is InChI=1S/C12H7Cl2IO3S/c13-8-1-6-12(11(14)7-8)18-19(16,17)10-4-2-9(15)3-5-10/h1-7H. The SMILES string of the molecule is O=S(=O)(Oc1ccc(Cl)cc1Cl)c1ccc(I)cc1. The Balaban J connectivity index is 2.33. The smallest absolute Gasteiger partial charge is 0.339 e. The zero-order chi connectivity index (χ0) is 14.0. The summed E-state index contributed by atoms with van der Waals surface area (Å²) in [6.07, 6.45) is 0. The molecule has 2 aromatic carbocycles. The van der Waals surface area contributed by atoms with Gasteiger partial charge >= 0.3 is 10.1 Å². The molecule has 0 radical (unpaired) electrons. The quantitative estimate of drug-likeness (QED) is 0.538. The van der Waals surface area contributed by atoms with Crippen LogP contribution in [0.4, 0.5) is 0 Å². The second-order valence-electron chi connectivity index (χ2n) is 3.57. The minimum absolute atomic E-state index is 0.0459. The molecule has 0 aromatic heterocycles. The molecule has 0 unspecified atom stereocenters. The molecule has 0 saturated heterocycles. The molecule has 0 N–H and O–H groups in total. The van der Waals surface area contributed by atoms with Crippen molar-refractivity contribution in [3.05, 3.63) is 56.1 Å². The van der Waals surface area contributed by atoms with Crippen LogP contribution in [0.1, 0.15) is 0 Å². The maximum Gasteiger partial charge on any atom is 0.339 e. The molecule has 0 aliphatic rings. The summed E-state index contributed by atoms with van der Waals surface area (Å²) in [7, 11) is -3.90. The van der Waals surface area contributed by atoms with Crippen LogP contribution in [0, 0.1) is 3.57 Å². The lowest BCUT2D eigenvalue weighted by Gasteiger charge is -2.08. The second kappa shape index (κ2) is 5.87. The van der Waals surface area contributed by atoms with Gasteiger partial charge in [0, 0.05) is 8.59 Å². The summed E-state index contributed by atoms with van der Waals surface area (Å²) in [5.41, 5.74) is 0. The maximum atomic E-state index is 12.0. The van der Waals surface area contributed by atoms with E-state index in [-0.39, 0.29) is 15.7 Å². The third-order valence-electron chi connectivity index (χ3n) is 2.20. The molecule has 0 saturated carbocycles. The van der Waals surface area contributed by atoms with Crippen LogP contribution in [0.3, 0.4) is 0 Å². The van der Waals surface area contributed by atoms with Crippen molar-refractivity contribution in [2.75, 3.05) is 0 Å². The fraction of sp³-hybridized carbons (Fsp3) is 0. The summed E-state index contributed by atoms with van der Waals surface area (Å²) in [5.74, 6) is 0.0459. The third-order valence-corrected chi connectivity index (χ3v) is 4.69. The fourth-order valence-electron chi connectivity index (χ4n) is 1.31. The van der Waals surface area contributed by atoms with Crippen LogP contribution in [0.15, 0.2) is 47.4 Å². The summed E-state index contributed by atoms with van der Waals surface area (Å²) in [5, 5.41) is 0.547. The van der Waals surface area contributed by atoms with Crippen molar-refractivity contribution in [3.63, 3.8) is 0 Å². The first kappa shape index (κ1) is 14.9. The van der Waals surface area contributed by atoms with Crippen LogP contribution in [0.25, 0.3) is 0 Å². The second-order valence-corrected chi connectivity index (χ2v) is 7.20. The predicted molar refractivity (Wildman–Crippen MR) is 83.4 cm³/mol. The van der Waals surface area contributed by atoms with Crippen molar-refractivity contribution < 1.29 is 12.6 Å². The summed E-state index contributed by atoms with van der Waals surface area (Å²) < 4.78 is 30.0. The molecule has 2 aromatic rings. The molecule has 100 valence electrons. The molecule has 0 aliphatic carbocycles. The Labute approximate surface area is 134 Å². The zero-order valence-electron chi connectivity index (χ0n) is 9.31. The Morgan fingerprint density at radius 1 is 1.00 bits per heavy atom. The van der Waals surface area contributed by atoms with Crippen molar-refractivity contribution in [1.29, 1.82) is 0 Å². The van der Waals surface area contributed by atoms with Gasteiger partial charge < -0.3 is 4.18 Å². The van der Waals surface area contributed by atoms with E-state index < -0.39 is 10.1 Å². The lowest BCUT2D eigenvalue weighted by Crippen LogP contribution is -2.09. The maximum absolute atomic E-state index is 12.0. The highest BCUT2D eigenvalue weighted by Gasteiger charge is 2.18. The average Bonchev–Trinajstić information content (AvgIpc) is 2.33. The van der Waals surface area contributed by atoms with Crippen molar-refractivity contribution >= 4 is 55.9 Å². The normalized spacial score (nSPS) is 11.3. The van der Waals surface area contributed by atoms with E-state index in [2.05, 4.69) is 22.6 Å². The Morgan fingerprint density at radius 2 is 1.63 bits per heavy atom. The Bertz CT molecular complexity index is 699. The molecule has 0 fully saturated rings. The van der Waals surface area contributed by atoms with E-state index in [1.807, 2.05) is 0 Å². The van der Waals surface area contributed by atoms with E-state index >= 15 is 0 Å². The molecule has 7 heteroatoms. The van der Waals surface area contributed by atoms with E-state index in [0.717, 1.165) is 3.57 Å². The molecule has 0 amide bonds. The molecule has 0 aliphatic heterocycles. The van der Waals surface area contributed by atoms with Gasteiger partial charge in [0.1, 0.15) is 4.90 Å². The molecular weight excluding hydrogens is 422 g/mol. The monoisotopic (exact) mass is 428 g/mol. The van der Waals surface area contributed by atoms with Crippen molar-refractivity contribution in [2.24, 2.45) is 0 Å². The Kier molecular flexibility index (Phi) is 4.60. The molecule has 0 atom stereocenters. The number of rotatable bonds is 3. The minimum Gasteiger partial charge on any atom is -0.377 e. The van der Waals surface area contributed by atoms with Gasteiger partial charge in [0.25, 0.3) is 0 Å². The largest absolute Gasteiger partial charge is 0.377 e. The molecule has 0 spiro atoms. The van der Waals surface area contributed by atoms with Gasteiger partial charge in [-0.1, -0.05) is 23.2 Å². The van der Waals surface area contributed by atoms with E-state index in [0.29, 0.717) is 5.02 Å². The summed E-state index contributed by atoms with van der Waals surface area (Å²) in [6, 6.07) is 10.6. The summed E-state index contributed by atoms with van der Waals surface area (Å²) in [6.45, 7) is 0. The first-order valence-electron chi connectivity index (χ1n) is 5.03. The van der Waals surface area contributed by atoms with Gasteiger partial charge in [-0.25, -0.2) is 0 Å². The van der Waals surface area contributed by atoms with Crippen LogP contribution < -0.4 is 4.18 Å². The van der Waals surface area contributed by atoms with E-state index in [9.17, 15) is 8.42 Å². The van der Waals surface area contributed by atoms with Gasteiger partial charge in [-0.2, -0.15) is 8.42 Å². The topological polar surface area (TPSA) is 43.4 Å². The van der Waals surface area contributed by atoms with Gasteiger partial charge in [0.05, 0.1) is 5.02 Å². The van der Waals surface area contributed by atoms with Crippen molar-refractivity contribution in [1.82, 2.24) is 0 Å². The highest BCUT2D eigenvalue weighted by molar-refractivity contribution is 14.1. The fourth-order valence-corrected chi connectivity index (χ4v) is 3.11. The van der Waals surface area contributed by atoms with Crippen LogP contribution in [0.2, 0.25) is 10.0 Å². The summed E-state index contributed by atoms with van der Waals surface area (Å²) in [4.78, 5) is 0.0685. The van der Waals surface area contributed by atoms with Crippen LogP contribution >= 0.6 is 45.8 Å². The highest BCUT2D eigenvalue weighted by atomic mass is 127. The van der Waals surface area contributed by atoms with Gasteiger partial charge in [-0.05, 0) is 65.1 Å². The molecule has 19 heavy (non-hydrogen) atoms. The number of halogens is 3. The predicted octanol–water partition coefficient (Wildman–Crippen LogP) is 4.37. The lowest BCUT2D eigenvalue weighted by molar-refractivity contribution is 0.486. The van der Waals surface area contributed by atoms with Crippen molar-refractivity contribution in [2.45, 2.75) is 4.90 Å². The van der Waals surface area contributed by atoms with Crippen molar-refractivity contribution in [3.8, 4) is 5.75 Å². The van der Waals surface area contributed by atoms with E-state index in [1.54, 1.807) is 12.1 Å². The van der Waals surface area contributed by atoms with Crippen LogP contribution in [0.5, 0.6) is 5.75 Å². The summed E-state index contributed by atoms with van der Waals surface area (Å²) >= 11 is 13.7. The minimum atomic E-state index is -3.90. The van der Waals surface area contributed by atoms with E-state index in [1.165, 1.54) is 30.3 Å². The van der Waals surface area contributed by atoms with Gasteiger partial charge in [-0.3, -0.25) is 0 Å². The molecule has 2 rings (SSSR count). The number of hydrogen-bond donors (Lipinski definition) is 0. The highest BCUT2D eigenvalue weighted by Crippen LogP contribution is 2.30. The molecule has 0 heterocycles. The Morgan fingerprint density at radius 3 is 2.21 bits per heavy atom. The van der Waals surface area contributed by atoms with Gasteiger partial charge in [-0.15, -0.1) is 0 Å². The number of benzene rings is 2. The molecule has 0 bridgehead atoms. The Hall–Kier alpha value is -0.500. The number of hydrogen-bond acceptors (Lipinski definition) is 3. The lowest BCUT2D eigenvalue weighted by atomic mass is 10.3. The zero-order valence-corrected chi connectivity index (χ0v) is 13.8. The molecule has 3 nitrogen and oxygen atoms in total. The van der Waals surface area contributed by atoms with E-state index in [4.69, 9.17) is 27.4 Å². The molecular formula is C12H7Cl2IO3S. The third kappa shape index (κ3) is 3.75. The van der Waals surface area contributed by atoms with Crippen LogP contribution in [-0.2, 0) is 10.1 Å². The first-order valence-corrected chi connectivity index (χ1v) is 8.28. The first-order chi connectivity index (χ1) is 8.88. The van der Waals surface area contributed by atoms with Gasteiger partial charge in [0.2, 0.25) is 0 Å². The van der Waals surface area contributed by atoms with Gasteiger partial charge in [0.15, 0.2) is 5.75 Å². The van der Waals surface area contributed by atoms with Crippen LogP contribution in [-0.4, -0.2) is 8.42 Å². The average molecular weight is 429 g/mol.